The molecule has 8 nitrogen and oxygen atoms in total. The number of amides is 2. The number of fused-ring (bicyclic) bond motifs is 1. The third kappa shape index (κ3) is 6.68. The van der Waals surface area contributed by atoms with Gasteiger partial charge < -0.3 is 21.1 Å². The molecule has 3 aromatic carbocycles. The number of sulfone groups is 1. The van der Waals surface area contributed by atoms with Gasteiger partial charge in [-0.15, -0.1) is 0 Å². The van der Waals surface area contributed by atoms with Gasteiger partial charge >= 0.3 is 12.0 Å². The highest BCUT2D eigenvalue weighted by atomic mass is 32.2. The van der Waals surface area contributed by atoms with Crippen molar-refractivity contribution in [3.8, 4) is 0 Å². The van der Waals surface area contributed by atoms with E-state index in [0.29, 0.717) is 18.7 Å². The number of carboxylic acid groups (broad SMARTS) is 1. The fourth-order valence-corrected chi connectivity index (χ4v) is 5.32. The molecule has 0 saturated heterocycles. The van der Waals surface area contributed by atoms with Crippen LogP contribution in [0, 0.1) is 0 Å². The lowest BCUT2D eigenvalue weighted by molar-refractivity contribution is -0.136. The Bertz CT molecular complexity index is 1320. The predicted octanol–water partition coefficient (Wildman–Crippen LogP) is 3.26. The van der Waals surface area contributed by atoms with Crippen molar-refractivity contribution in [2.45, 2.75) is 36.6 Å². The summed E-state index contributed by atoms with van der Waals surface area (Å²) in [6.07, 6.45) is 0.573. The lowest BCUT2D eigenvalue weighted by Gasteiger charge is -2.10. The van der Waals surface area contributed by atoms with Gasteiger partial charge in [-0.2, -0.15) is 0 Å². The van der Waals surface area contributed by atoms with Crippen LogP contribution in [0.1, 0.15) is 27.8 Å². The van der Waals surface area contributed by atoms with Crippen LogP contribution in [0.4, 0.5) is 10.5 Å². The Kier molecular flexibility index (Phi) is 7.48. The first kappa shape index (κ1) is 24.4. The van der Waals surface area contributed by atoms with Gasteiger partial charge in [0.15, 0.2) is 9.84 Å². The van der Waals surface area contributed by atoms with E-state index >= 15 is 0 Å². The van der Waals surface area contributed by atoms with Crippen LogP contribution < -0.4 is 16.0 Å². The fourth-order valence-electron chi connectivity index (χ4n) is 3.98. The average Bonchev–Trinajstić information content (AvgIpc) is 3.28. The minimum Gasteiger partial charge on any atom is -0.481 e. The number of nitrogens with one attached hydrogen (secondary N) is 3. The smallest absolute Gasteiger partial charge is 0.319 e. The van der Waals surface area contributed by atoms with E-state index < -0.39 is 21.8 Å². The molecule has 9 heteroatoms. The van der Waals surface area contributed by atoms with Crippen LogP contribution in [0.5, 0.6) is 0 Å². The predicted molar refractivity (Wildman–Crippen MR) is 133 cm³/mol. The fraction of sp³-hybridized carbons (Fsp3) is 0.231. The molecule has 0 radical (unpaired) electrons. The number of rotatable bonds is 9. The Morgan fingerprint density at radius 2 is 1.51 bits per heavy atom. The maximum absolute atomic E-state index is 12.8. The molecule has 1 aliphatic heterocycles. The van der Waals surface area contributed by atoms with Crippen LogP contribution in [0.3, 0.4) is 0 Å². The van der Waals surface area contributed by atoms with Crippen LogP contribution in [0.15, 0.2) is 71.6 Å². The number of hydrogen-bond acceptors (Lipinski definition) is 5. The Morgan fingerprint density at radius 3 is 2.23 bits per heavy atom. The van der Waals surface area contributed by atoms with Crippen molar-refractivity contribution in [1.82, 2.24) is 10.6 Å². The van der Waals surface area contributed by atoms with Crippen molar-refractivity contribution < 1.29 is 23.1 Å². The number of hydrogen-bond donors (Lipinski definition) is 4. The molecule has 4 N–H and O–H groups in total. The number of urea groups is 1. The van der Waals surface area contributed by atoms with E-state index in [0.717, 1.165) is 35.3 Å². The van der Waals surface area contributed by atoms with Crippen molar-refractivity contribution in [3.05, 3.63) is 94.5 Å². The molecule has 1 aliphatic rings. The molecule has 4 rings (SSSR count). The summed E-state index contributed by atoms with van der Waals surface area (Å²) < 4.78 is 25.7. The highest BCUT2D eigenvalue weighted by molar-refractivity contribution is 7.90. The minimum absolute atomic E-state index is 0.0211. The third-order valence-electron chi connectivity index (χ3n) is 5.81. The Balaban J connectivity index is 1.26. The molecule has 0 aromatic heterocycles. The molecule has 0 saturated carbocycles. The number of carboxylic acids is 1. The van der Waals surface area contributed by atoms with Crippen LogP contribution in [-0.4, -0.2) is 32.1 Å². The molecule has 1 heterocycles. The van der Waals surface area contributed by atoms with Crippen molar-refractivity contribution in [3.63, 3.8) is 0 Å². The van der Waals surface area contributed by atoms with Gasteiger partial charge in [0.1, 0.15) is 0 Å². The van der Waals surface area contributed by atoms with E-state index in [9.17, 15) is 18.0 Å². The number of anilines is 1. The molecular weight excluding hydrogens is 466 g/mol. The molecule has 0 unspecified atom stereocenters. The Morgan fingerprint density at radius 1 is 0.857 bits per heavy atom. The van der Waals surface area contributed by atoms with Crippen molar-refractivity contribution in [1.29, 1.82) is 0 Å². The van der Waals surface area contributed by atoms with E-state index in [1.807, 2.05) is 30.3 Å². The largest absolute Gasteiger partial charge is 0.481 e. The van der Waals surface area contributed by atoms with Gasteiger partial charge in [-0.25, -0.2) is 13.2 Å². The standard InChI is InChI=1S/C26H27N3O5S/c30-25(31)14-19-3-1-18(2-4-19)11-12-28-26(32)29-23-7-9-24(10-8-23)35(33,34)17-20-5-6-21-15-27-16-22(21)13-20/h1-10,13,27H,11-12,14-17H2,(H,30,31)(H2,28,29,32). The highest BCUT2D eigenvalue weighted by Gasteiger charge is 2.18. The third-order valence-corrected chi connectivity index (χ3v) is 7.51. The zero-order valence-electron chi connectivity index (χ0n) is 19.1. The molecule has 0 bridgehead atoms. The Labute approximate surface area is 204 Å². The number of benzene rings is 3. The monoisotopic (exact) mass is 493 g/mol. The normalized spacial score (nSPS) is 12.7. The van der Waals surface area contributed by atoms with Gasteiger partial charge in [-0.05, 0) is 58.5 Å². The van der Waals surface area contributed by atoms with E-state index in [1.54, 1.807) is 24.3 Å². The molecule has 3 aromatic rings. The van der Waals surface area contributed by atoms with Crippen LogP contribution >= 0.6 is 0 Å². The topological polar surface area (TPSA) is 125 Å². The summed E-state index contributed by atoms with van der Waals surface area (Å²) in [5, 5.41) is 17.5. The van der Waals surface area contributed by atoms with Crippen molar-refractivity contribution in [2.75, 3.05) is 11.9 Å². The number of aliphatic carboxylic acids is 1. The molecule has 35 heavy (non-hydrogen) atoms. The first-order valence-corrected chi connectivity index (χ1v) is 12.9. The zero-order valence-corrected chi connectivity index (χ0v) is 19.9. The van der Waals surface area contributed by atoms with Gasteiger partial charge in [-0.1, -0.05) is 42.5 Å². The summed E-state index contributed by atoms with van der Waals surface area (Å²) in [5.41, 5.74) is 5.29. The average molecular weight is 494 g/mol. The van der Waals surface area contributed by atoms with Gasteiger partial charge in [0.25, 0.3) is 0 Å². The van der Waals surface area contributed by atoms with Crippen LogP contribution in [0.25, 0.3) is 0 Å². The molecule has 182 valence electrons. The summed E-state index contributed by atoms with van der Waals surface area (Å²) >= 11 is 0. The van der Waals surface area contributed by atoms with Gasteiger partial charge in [0, 0.05) is 25.3 Å². The summed E-state index contributed by atoms with van der Waals surface area (Å²) in [6, 6.07) is 18.7. The second-order valence-electron chi connectivity index (χ2n) is 8.51. The first-order valence-electron chi connectivity index (χ1n) is 11.3. The second kappa shape index (κ2) is 10.7. The SMILES string of the molecule is O=C(O)Cc1ccc(CCNC(=O)Nc2ccc(S(=O)(=O)Cc3ccc4c(c3)CNC4)cc2)cc1. The van der Waals surface area contributed by atoms with Crippen molar-refractivity contribution >= 4 is 27.5 Å². The van der Waals surface area contributed by atoms with Gasteiger partial charge in [-0.3, -0.25) is 4.79 Å². The lowest BCUT2D eigenvalue weighted by atomic mass is 10.1. The molecule has 0 fully saturated rings. The summed E-state index contributed by atoms with van der Waals surface area (Å²) in [4.78, 5) is 23.1. The molecule has 0 atom stereocenters. The zero-order chi connectivity index (χ0) is 24.8. The summed E-state index contributed by atoms with van der Waals surface area (Å²) in [7, 11) is -3.51. The van der Waals surface area contributed by atoms with Crippen molar-refractivity contribution in [2.24, 2.45) is 0 Å². The second-order valence-corrected chi connectivity index (χ2v) is 10.5. The minimum atomic E-state index is -3.51. The van der Waals surface area contributed by atoms with Crippen LogP contribution in [-0.2, 0) is 46.3 Å². The van der Waals surface area contributed by atoms with E-state index in [4.69, 9.17) is 5.11 Å². The van der Waals surface area contributed by atoms with E-state index in [1.165, 1.54) is 17.7 Å². The first-order chi connectivity index (χ1) is 16.8. The molecule has 0 aliphatic carbocycles. The highest BCUT2D eigenvalue weighted by Crippen LogP contribution is 2.22. The maximum Gasteiger partial charge on any atom is 0.319 e. The lowest BCUT2D eigenvalue weighted by Crippen LogP contribution is -2.30. The Hall–Kier alpha value is -3.69. The quantitative estimate of drug-likeness (QED) is 0.363. The molecule has 2 amide bonds. The summed E-state index contributed by atoms with van der Waals surface area (Å²) in [6.45, 7) is 1.96. The van der Waals surface area contributed by atoms with E-state index in [2.05, 4.69) is 16.0 Å². The molecular formula is C26H27N3O5S. The van der Waals surface area contributed by atoms with Gasteiger partial charge in [0.2, 0.25) is 0 Å². The summed E-state index contributed by atoms with van der Waals surface area (Å²) in [5.74, 6) is -0.955. The van der Waals surface area contributed by atoms with Crippen LogP contribution in [0.2, 0.25) is 0 Å². The number of carbonyl (C=O) groups is 2. The maximum atomic E-state index is 12.8. The number of carbonyl (C=O) groups excluding carboxylic acids is 1. The van der Waals surface area contributed by atoms with Gasteiger partial charge in [0.05, 0.1) is 17.1 Å². The molecule has 0 spiro atoms. The van der Waals surface area contributed by atoms with E-state index in [-0.39, 0.29) is 17.1 Å².